The van der Waals surface area contributed by atoms with Crippen LogP contribution in [0.4, 0.5) is 0 Å². The third-order valence-corrected chi connectivity index (χ3v) is 5.37. The van der Waals surface area contributed by atoms with Crippen molar-refractivity contribution in [3.63, 3.8) is 0 Å². The van der Waals surface area contributed by atoms with E-state index in [2.05, 4.69) is 30.0 Å². The zero-order chi connectivity index (χ0) is 19.6. The van der Waals surface area contributed by atoms with Gasteiger partial charge in [0, 0.05) is 37.0 Å². The number of aryl methyl sites for hydroxylation is 1. The number of fused-ring (bicyclic) bond motifs is 2. The standard InChI is InChI=1S/C21H21N7O/c29-20(13-27-14-23-17-5-1-2-6-18(17)27)24-16-7-8-19-25-26-21(28(19)11-9-16)15-4-3-10-22-12-15/h1-6,10,12,14,16H,7-9,11,13H2,(H,24,29). The molecular formula is C21H21N7O. The Balaban J connectivity index is 1.25. The van der Waals surface area contributed by atoms with Gasteiger partial charge < -0.3 is 14.5 Å². The Morgan fingerprint density at radius 2 is 2.07 bits per heavy atom. The number of imidazole rings is 1. The molecule has 8 nitrogen and oxygen atoms in total. The molecule has 1 N–H and O–H groups in total. The summed E-state index contributed by atoms with van der Waals surface area (Å²) in [4.78, 5) is 21.2. The lowest BCUT2D eigenvalue weighted by molar-refractivity contribution is -0.122. The summed E-state index contributed by atoms with van der Waals surface area (Å²) in [7, 11) is 0. The predicted octanol–water partition coefficient (Wildman–Crippen LogP) is 2.21. The number of nitrogens with one attached hydrogen (secondary N) is 1. The number of hydrogen-bond acceptors (Lipinski definition) is 5. The van der Waals surface area contributed by atoms with Crippen LogP contribution in [0.25, 0.3) is 22.4 Å². The molecule has 1 amide bonds. The zero-order valence-corrected chi connectivity index (χ0v) is 15.9. The lowest BCUT2D eigenvalue weighted by Crippen LogP contribution is -2.37. The number of benzene rings is 1. The summed E-state index contributed by atoms with van der Waals surface area (Å²) in [6.45, 7) is 1.04. The van der Waals surface area contributed by atoms with Gasteiger partial charge in [0.05, 0.1) is 17.4 Å². The maximum absolute atomic E-state index is 12.6. The maximum Gasteiger partial charge on any atom is 0.240 e. The van der Waals surface area contributed by atoms with Gasteiger partial charge in [-0.15, -0.1) is 10.2 Å². The Kier molecular flexibility index (Phi) is 4.51. The molecule has 0 saturated carbocycles. The van der Waals surface area contributed by atoms with E-state index in [4.69, 9.17) is 0 Å². The molecule has 1 aliphatic heterocycles. The van der Waals surface area contributed by atoms with E-state index in [9.17, 15) is 4.79 Å². The van der Waals surface area contributed by atoms with E-state index < -0.39 is 0 Å². The van der Waals surface area contributed by atoms with Gasteiger partial charge in [0.1, 0.15) is 12.4 Å². The van der Waals surface area contributed by atoms with Gasteiger partial charge in [0.15, 0.2) is 5.82 Å². The monoisotopic (exact) mass is 387 g/mol. The Labute approximate surface area is 167 Å². The number of carbonyl (C=O) groups excluding carboxylic acids is 1. The van der Waals surface area contributed by atoms with E-state index in [1.807, 2.05) is 41.0 Å². The van der Waals surface area contributed by atoms with Gasteiger partial charge in [0.25, 0.3) is 0 Å². The third kappa shape index (κ3) is 3.49. The Morgan fingerprint density at radius 1 is 1.14 bits per heavy atom. The molecule has 4 heterocycles. The average molecular weight is 387 g/mol. The lowest BCUT2D eigenvalue weighted by atomic mass is 10.1. The highest BCUT2D eigenvalue weighted by molar-refractivity contribution is 5.80. The topological polar surface area (TPSA) is 90.5 Å². The van der Waals surface area contributed by atoms with Crippen LogP contribution in [0.2, 0.25) is 0 Å². The zero-order valence-electron chi connectivity index (χ0n) is 15.9. The van der Waals surface area contributed by atoms with E-state index >= 15 is 0 Å². The number of amides is 1. The van der Waals surface area contributed by atoms with Crippen molar-refractivity contribution in [3.05, 3.63) is 60.9 Å². The molecule has 0 spiro atoms. The molecule has 1 atom stereocenters. The summed E-state index contributed by atoms with van der Waals surface area (Å²) in [6, 6.07) is 11.8. The maximum atomic E-state index is 12.6. The largest absolute Gasteiger partial charge is 0.352 e. The normalized spacial score (nSPS) is 16.3. The Morgan fingerprint density at radius 3 is 2.97 bits per heavy atom. The van der Waals surface area contributed by atoms with Gasteiger partial charge in [-0.2, -0.15) is 0 Å². The quantitative estimate of drug-likeness (QED) is 0.580. The summed E-state index contributed by atoms with van der Waals surface area (Å²) in [6.07, 6.45) is 7.75. The molecule has 1 aliphatic rings. The highest BCUT2D eigenvalue weighted by Gasteiger charge is 2.22. The SMILES string of the molecule is O=C(Cn1cnc2ccccc21)NC1CCc2nnc(-c3cccnc3)n2CC1. The molecular weight excluding hydrogens is 366 g/mol. The van der Waals surface area contributed by atoms with Crippen LogP contribution in [0, 0.1) is 0 Å². The van der Waals surface area contributed by atoms with Crippen LogP contribution >= 0.6 is 0 Å². The first-order valence-corrected chi connectivity index (χ1v) is 9.79. The number of aromatic nitrogens is 6. The summed E-state index contributed by atoms with van der Waals surface area (Å²) in [5, 5.41) is 11.9. The third-order valence-electron chi connectivity index (χ3n) is 5.37. The highest BCUT2D eigenvalue weighted by atomic mass is 16.2. The minimum Gasteiger partial charge on any atom is -0.352 e. The smallest absolute Gasteiger partial charge is 0.240 e. The van der Waals surface area contributed by atoms with Crippen molar-refractivity contribution in [3.8, 4) is 11.4 Å². The molecule has 3 aromatic heterocycles. The van der Waals surface area contributed by atoms with Crippen LogP contribution in [-0.2, 0) is 24.3 Å². The number of para-hydroxylation sites is 2. The van der Waals surface area contributed by atoms with Crippen molar-refractivity contribution in [1.82, 2.24) is 34.6 Å². The fourth-order valence-corrected chi connectivity index (χ4v) is 3.91. The lowest BCUT2D eigenvalue weighted by Gasteiger charge is -2.16. The van der Waals surface area contributed by atoms with Crippen LogP contribution in [0.3, 0.4) is 0 Å². The number of pyridine rings is 1. The van der Waals surface area contributed by atoms with Gasteiger partial charge in [0.2, 0.25) is 5.91 Å². The average Bonchev–Trinajstić information content (AvgIpc) is 3.29. The molecule has 0 saturated heterocycles. The summed E-state index contributed by atoms with van der Waals surface area (Å²) in [5.41, 5.74) is 2.83. The van der Waals surface area contributed by atoms with Crippen molar-refractivity contribution >= 4 is 16.9 Å². The predicted molar refractivity (Wildman–Crippen MR) is 108 cm³/mol. The number of carbonyl (C=O) groups is 1. The molecule has 5 rings (SSSR count). The van der Waals surface area contributed by atoms with Gasteiger partial charge in [-0.1, -0.05) is 12.1 Å². The summed E-state index contributed by atoms with van der Waals surface area (Å²) >= 11 is 0. The first kappa shape index (κ1) is 17.5. The van der Waals surface area contributed by atoms with Crippen LogP contribution < -0.4 is 5.32 Å². The van der Waals surface area contributed by atoms with Crippen molar-refractivity contribution in [2.75, 3.05) is 0 Å². The van der Waals surface area contributed by atoms with Gasteiger partial charge >= 0.3 is 0 Å². The molecule has 8 heteroatoms. The van der Waals surface area contributed by atoms with Gasteiger partial charge in [-0.25, -0.2) is 4.98 Å². The molecule has 1 aromatic carbocycles. The molecule has 0 aliphatic carbocycles. The van der Waals surface area contributed by atoms with Crippen LogP contribution in [0.5, 0.6) is 0 Å². The van der Waals surface area contributed by atoms with E-state index in [1.54, 1.807) is 18.7 Å². The molecule has 29 heavy (non-hydrogen) atoms. The summed E-state index contributed by atoms with van der Waals surface area (Å²) < 4.78 is 4.03. The van der Waals surface area contributed by atoms with E-state index in [0.717, 1.165) is 54.1 Å². The van der Waals surface area contributed by atoms with Crippen LogP contribution in [-0.4, -0.2) is 41.2 Å². The van der Waals surface area contributed by atoms with Gasteiger partial charge in [-0.3, -0.25) is 9.78 Å². The number of nitrogens with zero attached hydrogens (tertiary/aromatic N) is 6. The number of rotatable bonds is 4. The van der Waals surface area contributed by atoms with Crippen molar-refractivity contribution in [2.24, 2.45) is 0 Å². The van der Waals surface area contributed by atoms with Gasteiger partial charge in [-0.05, 0) is 37.1 Å². The molecule has 4 aromatic rings. The highest BCUT2D eigenvalue weighted by Crippen LogP contribution is 2.22. The second kappa shape index (κ2) is 7.46. The fraction of sp³-hybridized carbons (Fsp3) is 0.286. The minimum atomic E-state index is 0.00306. The second-order valence-electron chi connectivity index (χ2n) is 7.29. The minimum absolute atomic E-state index is 0.00306. The summed E-state index contributed by atoms with van der Waals surface area (Å²) in [5.74, 6) is 1.80. The molecule has 1 unspecified atom stereocenters. The molecule has 0 radical (unpaired) electrons. The molecule has 0 bridgehead atoms. The van der Waals surface area contributed by atoms with Crippen molar-refractivity contribution in [1.29, 1.82) is 0 Å². The molecule has 146 valence electrons. The molecule has 0 fully saturated rings. The Hall–Kier alpha value is -3.55. The van der Waals surface area contributed by atoms with E-state index in [1.165, 1.54) is 0 Å². The van der Waals surface area contributed by atoms with E-state index in [-0.39, 0.29) is 18.5 Å². The fourth-order valence-electron chi connectivity index (χ4n) is 3.91. The van der Waals surface area contributed by atoms with Crippen LogP contribution in [0.15, 0.2) is 55.1 Å². The first-order chi connectivity index (χ1) is 14.3. The van der Waals surface area contributed by atoms with E-state index in [0.29, 0.717) is 0 Å². The number of hydrogen-bond donors (Lipinski definition) is 1. The van der Waals surface area contributed by atoms with Crippen molar-refractivity contribution < 1.29 is 4.79 Å². The van der Waals surface area contributed by atoms with Crippen LogP contribution in [0.1, 0.15) is 18.7 Å². The second-order valence-corrected chi connectivity index (χ2v) is 7.29. The first-order valence-electron chi connectivity index (χ1n) is 9.79. The Bertz CT molecular complexity index is 1150. The van der Waals surface area contributed by atoms with Crippen molar-refractivity contribution in [2.45, 2.75) is 38.4 Å².